The maximum atomic E-state index is 11.5. The average Bonchev–Trinajstić information content (AvgIpc) is 2.66. The van der Waals surface area contributed by atoms with Crippen LogP contribution in [0.3, 0.4) is 0 Å². The topological polar surface area (TPSA) is 191 Å². The van der Waals surface area contributed by atoms with E-state index in [1.165, 1.54) is 0 Å². The first-order chi connectivity index (χ1) is 14.1. The SMILES string of the molecule is O=C(O)C=CC(=O)COCC(COCC(=O)C=CC(=O)O)OCC(=O)C=CC(=O)O. The third-order valence-electron chi connectivity index (χ3n) is 2.79. The van der Waals surface area contributed by atoms with Crippen molar-refractivity contribution in [2.45, 2.75) is 6.10 Å². The fourth-order valence-electron chi connectivity index (χ4n) is 1.56. The second-order valence-electron chi connectivity index (χ2n) is 5.38. The molecule has 0 aliphatic rings. The standard InChI is InChI=1S/C18H20O12/c19-12(1-4-16(22)23)7-28-10-15(30-9-14(21)3-6-18(26)27)11-29-8-13(20)2-5-17(24)25/h1-6,15H,7-11H2,(H,22,23)(H,24,25)(H,26,27). The molecule has 0 heterocycles. The van der Waals surface area contributed by atoms with E-state index in [2.05, 4.69) is 0 Å². The van der Waals surface area contributed by atoms with Gasteiger partial charge in [-0.25, -0.2) is 14.4 Å². The van der Waals surface area contributed by atoms with Gasteiger partial charge >= 0.3 is 17.9 Å². The lowest BCUT2D eigenvalue weighted by Gasteiger charge is -2.17. The highest BCUT2D eigenvalue weighted by atomic mass is 16.6. The molecule has 30 heavy (non-hydrogen) atoms. The van der Waals surface area contributed by atoms with Crippen molar-refractivity contribution in [3.8, 4) is 0 Å². The quantitative estimate of drug-likeness (QED) is 0.241. The highest BCUT2D eigenvalue weighted by molar-refractivity contribution is 5.97. The zero-order valence-corrected chi connectivity index (χ0v) is 15.6. The van der Waals surface area contributed by atoms with Gasteiger partial charge in [-0.1, -0.05) is 0 Å². The van der Waals surface area contributed by atoms with Crippen LogP contribution in [0.2, 0.25) is 0 Å². The Kier molecular flexibility index (Phi) is 13.7. The van der Waals surface area contributed by atoms with Crippen LogP contribution in [0.1, 0.15) is 0 Å². The lowest BCUT2D eigenvalue weighted by atomic mass is 10.3. The molecule has 0 saturated carbocycles. The van der Waals surface area contributed by atoms with E-state index in [4.69, 9.17) is 29.5 Å². The van der Waals surface area contributed by atoms with Gasteiger partial charge < -0.3 is 29.5 Å². The third-order valence-corrected chi connectivity index (χ3v) is 2.79. The highest BCUT2D eigenvalue weighted by Crippen LogP contribution is 1.98. The molecular weight excluding hydrogens is 408 g/mol. The van der Waals surface area contributed by atoms with Crippen LogP contribution < -0.4 is 0 Å². The van der Waals surface area contributed by atoms with Gasteiger partial charge in [0, 0.05) is 18.2 Å². The number of ether oxygens (including phenoxy) is 3. The molecule has 164 valence electrons. The lowest BCUT2D eigenvalue weighted by Crippen LogP contribution is -2.29. The Morgan fingerprint density at radius 3 is 1.23 bits per heavy atom. The molecule has 0 fully saturated rings. The highest BCUT2D eigenvalue weighted by Gasteiger charge is 2.14. The second-order valence-corrected chi connectivity index (χ2v) is 5.38. The number of carboxylic acid groups (broad SMARTS) is 3. The zero-order chi connectivity index (χ0) is 22.9. The summed E-state index contributed by atoms with van der Waals surface area (Å²) in [6, 6.07) is 0. The number of aliphatic carboxylic acids is 3. The molecule has 3 N–H and O–H groups in total. The Labute approximate surface area is 170 Å². The third kappa shape index (κ3) is 16.7. The second kappa shape index (κ2) is 15.4. The molecule has 0 aliphatic carbocycles. The van der Waals surface area contributed by atoms with Crippen molar-refractivity contribution in [1.82, 2.24) is 0 Å². The number of hydrogen-bond donors (Lipinski definition) is 3. The molecule has 0 saturated heterocycles. The molecular formula is C18H20O12. The molecule has 0 aromatic carbocycles. The van der Waals surface area contributed by atoms with Crippen LogP contribution in [0, 0.1) is 0 Å². The van der Waals surface area contributed by atoms with E-state index in [1.54, 1.807) is 0 Å². The number of rotatable bonds is 17. The Morgan fingerprint density at radius 2 is 0.900 bits per heavy atom. The minimum Gasteiger partial charge on any atom is -0.478 e. The van der Waals surface area contributed by atoms with Crippen molar-refractivity contribution >= 4 is 35.3 Å². The zero-order valence-electron chi connectivity index (χ0n) is 15.6. The van der Waals surface area contributed by atoms with Gasteiger partial charge in [-0.2, -0.15) is 0 Å². The van der Waals surface area contributed by atoms with Crippen molar-refractivity contribution in [3.63, 3.8) is 0 Å². The Balaban J connectivity index is 4.63. The molecule has 0 atom stereocenters. The van der Waals surface area contributed by atoms with Gasteiger partial charge in [0.15, 0.2) is 17.3 Å². The summed E-state index contributed by atoms with van der Waals surface area (Å²) in [5, 5.41) is 25.3. The Bertz CT molecular complexity index is 689. The van der Waals surface area contributed by atoms with E-state index < -0.39 is 61.2 Å². The van der Waals surface area contributed by atoms with Crippen LogP contribution in [-0.2, 0) is 43.0 Å². The van der Waals surface area contributed by atoms with Crippen LogP contribution in [0.25, 0.3) is 0 Å². The van der Waals surface area contributed by atoms with Crippen LogP contribution in [-0.4, -0.2) is 89.7 Å². The summed E-state index contributed by atoms with van der Waals surface area (Å²) in [4.78, 5) is 65.4. The number of hydrogen-bond acceptors (Lipinski definition) is 9. The average molecular weight is 428 g/mol. The van der Waals surface area contributed by atoms with E-state index in [-0.39, 0.29) is 13.2 Å². The van der Waals surface area contributed by atoms with E-state index >= 15 is 0 Å². The summed E-state index contributed by atoms with van der Waals surface area (Å²) < 4.78 is 15.3. The summed E-state index contributed by atoms with van der Waals surface area (Å²) in [6.07, 6.45) is 3.31. The Hall–Kier alpha value is -3.48. The van der Waals surface area contributed by atoms with Crippen LogP contribution in [0.5, 0.6) is 0 Å². The first-order valence-corrected chi connectivity index (χ1v) is 8.18. The Morgan fingerprint density at radius 1 is 0.567 bits per heavy atom. The first kappa shape index (κ1) is 26.5. The molecule has 0 spiro atoms. The van der Waals surface area contributed by atoms with E-state index in [1.807, 2.05) is 0 Å². The van der Waals surface area contributed by atoms with Crippen molar-refractivity contribution in [2.24, 2.45) is 0 Å². The van der Waals surface area contributed by atoms with Crippen LogP contribution >= 0.6 is 0 Å². The smallest absolute Gasteiger partial charge is 0.328 e. The number of ketones is 3. The molecule has 0 aromatic heterocycles. The number of carbonyl (C=O) groups is 6. The van der Waals surface area contributed by atoms with E-state index in [0.717, 1.165) is 18.2 Å². The molecule has 0 aliphatic heterocycles. The van der Waals surface area contributed by atoms with Crippen molar-refractivity contribution in [3.05, 3.63) is 36.5 Å². The molecule has 0 amide bonds. The normalized spacial score (nSPS) is 12.4. The van der Waals surface area contributed by atoms with Gasteiger partial charge in [-0.15, -0.1) is 0 Å². The summed E-state index contributed by atoms with van der Waals surface area (Å²) in [7, 11) is 0. The van der Waals surface area contributed by atoms with Crippen molar-refractivity contribution < 1.29 is 58.3 Å². The predicted molar refractivity (Wildman–Crippen MR) is 96.7 cm³/mol. The summed E-state index contributed by atoms with van der Waals surface area (Å²) in [6.45, 7) is -2.07. The predicted octanol–water partition coefficient (Wildman–Crippen LogP) is -0.965. The molecule has 12 heteroatoms. The molecule has 0 bridgehead atoms. The molecule has 12 nitrogen and oxygen atoms in total. The number of carboxylic acids is 3. The van der Waals surface area contributed by atoms with Gasteiger partial charge in [0.05, 0.1) is 13.2 Å². The van der Waals surface area contributed by atoms with Gasteiger partial charge in [0.2, 0.25) is 0 Å². The van der Waals surface area contributed by atoms with Gasteiger partial charge in [0.25, 0.3) is 0 Å². The largest absolute Gasteiger partial charge is 0.478 e. The van der Waals surface area contributed by atoms with Gasteiger partial charge in [-0.3, -0.25) is 14.4 Å². The maximum absolute atomic E-state index is 11.5. The maximum Gasteiger partial charge on any atom is 0.328 e. The minimum absolute atomic E-state index is 0.276. The van der Waals surface area contributed by atoms with E-state index in [0.29, 0.717) is 18.2 Å². The van der Waals surface area contributed by atoms with Crippen LogP contribution in [0.4, 0.5) is 0 Å². The summed E-state index contributed by atoms with van der Waals surface area (Å²) in [5.74, 6) is -5.92. The lowest BCUT2D eigenvalue weighted by molar-refractivity contribution is -0.133. The van der Waals surface area contributed by atoms with Crippen molar-refractivity contribution in [1.29, 1.82) is 0 Å². The molecule has 0 aromatic rings. The fraction of sp³-hybridized carbons (Fsp3) is 0.333. The minimum atomic E-state index is -1.33. The molecule has 0 radical (unpaired) electrons. The summed E-state index contributed by atoms with van der Waals surface area (Å²) >= 11 is 0. The van der Waals surface area contributed by atoms with Gasteiger partial charge in [0.1, 0.15) is 25.9 Å². The van der Waals surface area contributed by atoms with Gasteiger partial charge in [-0.05, 0) is 18.2 Å². The fourth-order valence-corrected chi connectivity index (χ4v) is 1.56. The van der Waals surface area contributed by atoms with E-state index in [9.17, 15) is 28.8 Å². The monoisotopic (exact) mass is 428 g/mol. The molecule has 0 rings (SSSR count). The molecule has 0 unspecified atom stereocenters. The number of carbonyl (C=O) groups excluding carboxylic acids is 3. The first-order valence-electron chi connectivity index (χ1n) is 8.18. The van der Waals surface area contributed by atoms with Crippen molar-refractivity contribution in [2.75, 3.05) is 33.0 Å². The van der Waals surface area contributed by atoms with Crippen LogP contribution in [0.15, 0.2) is 36.5 Å². The summed E-state index contributed by atoms with van der Waals surface area (Å²) in [5.41, 5.74) is 0.